The van der Waals surface area contributed by atoms with Gasteiger partial charge in [0, 0.05) is 5.69 Å². The summed E-state index contributed by atoms with van der Waals surface area (Å²) in [6.07, 6.45) is 0. The first kappa shape index (κ1) is 18.1. The molecule has 0 bridgehead atoms. The van der Waals surface area contributed by atoms with Crippen molar-refractivity contribution in [1.82, 2.24) is 0 Å². The van der Waals surface area contributed by atoms with Crippen LogP contribution in [0.1, 0.15) is 17.3 Å². The van der Waals surface area contributed by atoms with E-state index in [1.54, 1.807) is 30.3 Å². The van der Waals surface area contributed by atoms with E-state index < -0.39 is 15.9 Å². The molecule has 0 atom stereocenters. The van der Waals surface area contributed by atoms with E-state index in [9.17, 15) is 13.2 Å². The van der Waals surface area contributed by atoms with Crippen molar-refractivity contribution in [2.75, 3.05) is 22.9 Å². The van der Waals surface area contributed by atoms with Gasteiger partial charge >= 0.3 is 0 Å². The third-order valence-corrected chi connectivity index (χ3v) is 4.81. The molecule has 128 valence electrons. The highest BCUT2D eigenvalue weighted by atomic mass is 35.5. The number of carbonyl (C=O) groups excluding carboxylic acids is 1. The molecule has 0 saturated heterocycles. The molecule has 24 heavy (non-hydrogen) atoms. The average Bonchev–Trinajstić information content (AvgIpc) is 2.55. The number of nitrogens with one attached hydrogen (secondary N) is 2. The van der Waals surface area contributed by atoms with Crippen LogP contribution in [0.2, 0.25) is 5.02 Å². The van der Waals surface area contributed by atoms with Crippen molar-refractivity contribution < 1.29 is 17.9 Å². The summed E-state index contributed by atoms with van der Waals surface area (Å²) in [4.78, 5) is 12.5. The highest BCUT2D eigenvalue weighted by molar-refractivity contribution is 7.92. The Morgan fingerprint density at radius 3 is 2.54 bits per heavy atom. The van der Waals surface area contributed by atoms with Crippen LogP contribution in [0.3, 0.4) is 0 Å². The normalized spacial score (nSPS) is 11.0. The van der Waals surface area contributed by atoms with Gasteiger partial charge in [-0.25, -0.2) is 8.42 Å². The van der Waals surface area contributed by atoms with Gasteiger partial charge in [0.2, 0.25) is 10.0 Å². The van der Waals surface area contributed by atoms with Crippen LogP contribution in [-0.2, 0) is 10.0 Å². The standard InChI is InChI=1S/C16H17ClN2O4S/c1-3-24(21,22)19-14-7-5-4-6-12(14)16(20)18-11-8-9-15(23-2)13(17)10-11/h4-10,19H,3H2,1-2H3,(H,18,20). The van der Waals surface area contributed by atoms with Crippen LogP contribution >= 0.6 is 11.6 Å². The first-order valence-electron chi connectivity index (χ1n) is 7.10. The van der Waals surface area contributed by atoms with Gasteiger partial charge in [0.25, 0.3) is 5.91 Å². The van der Waals surface area contributed by atoms with Gasteiger partial charge in [-0.15, -0.1) is 0 Å². The molecule has 0 aliphatic rings. The lowest BCUT2D eigenvalue weighted by molar-refractivity contribution is 0.102. The van der Waals surface area contributed by atoms with Crippen molar-refractivity contribution in [1.29, 1.82) is 0 Å². The van der Waals surface area contributed by atoms with Crippen molar-refractivity contribution >= 4 is 38.9 Å². The fourth-order valence-corrected chi connectivity index (χ4v) is 2.87. The molecule has 0 saturated carbocycles. The van der Waals surface area contributed by atoms with E-state index in [0.717, 1.165) is 0 Å². The van der Waals surface area contributed by atoms with Crippen LogP contribution in [0.25, 0.3) is 0 Å². The number of carbonyl (C=O) groups is 1. The summed E-state index contributed by atoms with van der Waals surface area (Å²) in [5, 5.41) is 3.04. The number of para-hydroxylation sites is 1. The Labute approximate surface area is 145 Å². The second kappa shape index (κ2) is 7.55. The van der Waals surface area contributed by atoms with Crippen molar-refractivity contribution in [2.45, 2.75) is 6.92 Å². The Morgan fingerprint density at radius 1 is 1.21 bits per heavy atom. The Morgan fingerprint density at radius 2 is 1.92 bits per heavy atom. The lowest BCUT2D eigenvalue weighted by Gasteiger charge is -2.12. The van der Waals surface area contributed by atoms with E-state index in [-0.39, 0.29) is 17.0 Å². The van der Waals surface area contributed by atoms with Crippen molar-refractivity contribution in [2.24, 2.45) is 0 Å². The Bertz CT molecular complexity index is 853. The minimum absolute atomic E-state index is 0.0863. The second-order valence-electron chi connectivity index (χ2n) is 4.85. The third kappa shape index (κ3) is 4.39. The Kier molecular flexibility index (Phi) is 5.69. The van der Waals surface area contributed by atoms with E-state index in [2.05, 4.69) is 10.0 Å². The van der Waals surface area contributed by atoms with Gasteiger partial charge in [0.05, 0.1) is 29.1 Å². The first-order chi connectivity index (χ1) is 11.4. The van der Waals surface area contributed by atoms with E-state index in [1.165, 1.54) is 26.2 Å². The fourth-order valence-electron chi connectivity index (χ4n) is 1.95. The van der Waals surface area contributed by atoms with Gasteiger partial charge in [0.1, 0.15) is 5.75 Å². The molecule has 0 spiro atoms. The van der Waals surface area contributed by atoms with Crippen LogP contribution in [0.5, 0.6) is 5.75 Å². The minimum Gasteiger partial charge on any atom is -0.495 e. The highest BCUT2D eigenvalue weighted by Crippen LogP contribution is 2.28. The first-order valence-corrected chi connectivity index (χ1v) is 9.13. The van der Waals surface area contributed by atoms with Gasteiger partial charge in [-0.2, -0.15) is 0 Å². The maximum atomic E-state index is 12.5. The van der Waals surface area contributed by atoms with Crippen LogP contribution in [0.15, 0.2) is 42.5 Å². The number of amides is 1. The fraction of sp³-hybridized carbons (Fsp3) is 0.188. The van der Waals surface area contributed by atoms with Crippen LogP contribution in [0.4, 0.5) is 11.4 Å². The number of ether oxygens (including phenoxy) is 1. The molecule has 0 fully saturated rings. The molecule has 2 aromatic carbocycles. The smallest absolute Gasteiger partial charge is 0.257 e. The molecule has 6 nitrogen and oxygen atoms in total. The average molecular weight is 369 g/mol. The molecule has 1 amide bonds. The summed E-state index contributed by atoms with van der Waals surface area (Å²) in [7, 11) is -1.99. The molecule has 2 N–H and O–H groups in total. The largest absolute Gasteiger partial charge is 0.495 e. The quantitative estimate of drug-likeness (QED) is 0.818. The van der Waals surface area contributed by atoms with Gasteiger partial charge in [0.15, 0.2) is 0 Å². The number of methoxy groups -OCH3 is 1. The van der Waals surface area contributed by atoms with E-state index >= 15 is 0 Å². The SMILES string of the molecule is CCS(=O)(=O)Nc1ccccc1C(=O)Nc1ccc(OC)c(Cl)c1. The Balaban J connectivity index is 2.26. The predicted molar refractivity (Wildman–Crippen MR) is 95.5 cm³/mol. The number of rotatable bonds is 6. The van der Waals surface area contributed by atoms with Crippen LogP contribution < -0.4 is 14.8 Å². The third-order valence-electron chi connectivity index (χ3n) is 3.23. The molecule has 0 aromatic heterocycles. The molecule has 2 aromatic rings. The summed E-state index contributed by atoms with van der Waals surface area (Å²) in [6.45, 7) is 1.52. The maximum absolute atomic E-state index is 12.5. The molecule has 0 unspecified atom stereocenters. The van der Waals surface area contributed by atoms with E-state index in [0.29, 0.717) is 16.5 Å². The Hall–Kier alpha value is -2.25. The molecule has 2 rings (SSSR count). The summed E-state index contributed by atoms with van der Waals surface area (Å²) in [5.74, 6) is -0.0479. The summed E-state index contributed by atoms with van der Waals surface area (Å²) in [6, 6.07) is 11.2. The maximum Gasteiger partial charge on any atom is 0.257 e. The summed E-state index contributed by atoms with van der Waals surface area (Å²) < 4.78 is 30.9. The number of hydrogen-bond donors (Lipinski definition) is 2. The van der Waals surface area contributed by atoms with E-state index in [4.69, 9.17) is 16.3 Å². The van der Waals surface area contributed by atoms with Gasteiger partial charge < -0.3 is 10.1 Å². The zero-order valence-electron chi connectivity index (χ0n) is 13.2. The van der Waals surface area contributed by atoms with Gasteiger partial charge in [-0.1, -0.05) is 23.7 Å². The number of sulfonamides is 1. The van der Waals surface area contributed by atoms with Gasteiger partial charge in [-0.3, -0.25) is 9.52 Å². The molecule has 0 heterocycles. The van der Waals surface area contributed by atoms with Crippen molar-refractivity contribution in [3.8, 4) is 5.75 Å². The molecule has 0 aliphatic heterocycles. The molecular weight excluding hydrogens is 352 g/mol. The summed E-state index contributed by atoms with van der Waals surface area (Å²) >= 11 is 6.03. The zero-order chi connectivity index (χ0) is 17.7. The second-order valence-corrected chi connectivity index (χ2v) is 7.27. The highest BCUT2D eigenvalue weighted by Gasteiger charge is 2.15. The molecule has 8 heteroatoms. The monoisotopic (exact) mass is 368 g/mol. The molecule has 0 radical (unpaired) electrons. The number of halogens is 1. The summed E-state index contributed by atoms with van der Waals surface area (Å²) in [5.41, 5.74) is 0.900. The molecular formula is C16H17ClN2O4S. The number of benzene rings is 2. The lowest BCUT2D eigenvalue weighted by Crippen LogP contribution is -2.19. The predicted octanol–water partition coefficient (Wildman–Crippen LogP) is 3.36. The van der Waals surface area contributed by atoms with Crippen LogP contribution in [0, 0.1) is 0 Å². The van der Waals surface area contributed by atoms with Gasteiger partial charge in [-0.05, 0) is 37.3 Å². The topological polar surface area (TPSA) is 84.5 Å². The number of hydrogen-bond acceptors (Lipinski definition) is 4. The van der Waals surface area contributed by atoms with Crippen molar-refractivity contribution in [3.63, 3.8) is 0 Å². The zero-order valence-corrected chi connectivity index (χ0v) is 14.7. The van der Waals surface area contributed by atoms with Crippen molar-refractivity contribution in [3.05, 3.63) is 53.1 Å². The minimum atomic E-state index is -3.48. The van der Waals surface area contributed by atoms with Crippen LogP contribution in [-0.4, -0.2) is 27.2 Å². The van der Waals surface area contributed by atoms with E-state index in [1.807, 2.05) is 0 Å². The number of anilines is 2. The molecule has 0 aliphatic carbocycles. The lowest BCUT2D eigenvalue weighted by atomic mass is 10.1.